The number of hydrogen-bond acceptors (Lipinski definition) is 6. The Morgan fingerprint density at radius 3 is 2.39 bits per heavy atom. The van der Waals surface area contributed by atoms with Crippen LogP contribution in [0.1, 0.15) is 38.5 Å². The summed E-state index contributed by atoms with van der Waals surface area (Å²) >= 11 is 0. The molecule has 0 aromatic carbocycles. The second-order valence-electron chi connectivity index (χ2n) is 8.68. The largest absolute Gasteiger partial charge is 0.360 e. The maximum absolute atomic E-state index is 12.8. The minimum absolute atomic E-state index is 0.213. The first kappa shape index (κ1) is 19.4. The SMILES string of the molecule is CN(C)c1nccnc1N1CCC(N2CCC[C@@H](C(=O)N3CCCC3)C2)CC1. The number of hydrogen-bond donors (Lipinski definition) is 0. The van der Waals surface area contributed by atoms with E-state index in [1.807, 2.05) is 19.0 Å². The summed E-state index contributed by atoms with van der Waals surface area (Å²) in [6.45, 7) is 6.05. The van der Waals surface area contributed by atoms with E-state index in [2.05, 4.69) is 24.7 Å². The molecule has 0 N–H and O–H groups in total. The van der Waals surface area contributed by atoms with Crippen LogP contribution in [0.15, 0.2) is 12.4 Å². The van der Waals surface area contributed by atoms with Gasteiger partial charge in [-0.3, -0.25) is 9.69 Å². The number of carbonyl (C=O) groups is 1. The van der Waals surface area contributed by atoms with Gasteiger partial charge < -0.3 is 14.7 Å². The topological polar surface area (TPSA) is 55.8 Å². The van der Waals surface area contributed by atoms with E-state index in [0.29, 0.717) is 11.9 Å². The molecule has 0 aliphatic carbocycles. The van der Waals surface area contributed by atoms with Crippen molar-refractivity contribution in [3.63, 3.8) is 0 Å². The van der Waals surface area contributed by atoms with Crippen molar-refractivity contribution in [2.75, 3.05) is 63.2 Å². The normalized spacial score (nSPS) is 24.6. The number of aromatic nitrogens is 2. The molecule has 1 aromatic rings. The average molecular weight is 387 g/mol. The number of likely N-dealkylation sites (tertiary alicyclic amines) is 2. The van der Waals surface area contributed by atoms with Gasteiger partial charge in [-0.15, -0.1) is 0 Å². The number of piperidine rings is 2. The third-order valence-electron chi connectivity index (χ3n) is 6.58. The molecule has 1 aromatic heterocycles. The Labute approximate surface area is 168 Å². The molecule has 3 aliphatic rings. The molecule has 0 saturated carbocycles. The van der Waals surface area contributed by atoms with E-state index in [1.165, 1.54) is 12.8 Å². The van der Waals surface area contributed by atoms with Crippen molar-refractivity contribution in [2.24, 2.45) is 5.92 Å². The second-order valence-corrected chi connectivity index (χ2v) is 8.68. The lowest BCUT2D eigenvalue weighted by Gasteiger charge is -2.43. The molecule has 4 rings (SSSR count). The lowest BCUT2D eigenvalue weighted by atomic mass is 9.93. The number of rotatable bonds is 4. The Hall–Kier alpha value is -1.89. The summed E-state index contributed by atoms with van der Waals surface area (Å²) in [6, 6.07) is 0.588. The zero-order valence-corrected chi connectivity index (χ0v) is 17.4. The third-order valence-corrected chi connectivity index (χ3v) is 6.58. The number of carbonyl (C=O) groups excluding carboxylic acids is 1. The number of nitrogens with zero attached hydrogens (tertiary/aromatic N) is 6. The van der Waals surface area contributed by atoms with Gasteiger partial charge in [0.1, 0.15) is 0 Å². The molecule has 0 spiro atoms. The van der Waals surface area contributed by atoms with Crippen LogP contribution in [0.25, 0.3) is 0 Å². The Bertz CT molecular complexity index is 667. The van der Waals surface area contributed by atoms with Gasteiger partial charge in [-0.2, -0.15) is 0 Å². The lowest BCUT2D eigenvalue weighted by molar-refractivity contribution is -0.136. The minimum atomic E-state index is 0.213. The molecule has 28 heavy (non-hydrogen) atoms. The highest BCUT2D eigenvalue weighted by molar-refractivity contribution is 5.79. The predicted octanol–water partition coefficient (Wildman–Crippen LogP) is 1.85. The number of amides is 1. The standard InChI is InChI=1S/C21H34N6O/c1-24(2)19-20(23-10-9-22-19)25-14-7-18(8-15-25)27-13-5-6-17(16-27)21(28)26-11-3-4-12-26/h9-10,17-18H,3-8,11-16H2,1-2H3/t17-/m1/s1. The molecule has 1 amide bonds. The van der Waals surface area contributed by atoms with Crippen LogP contribution in [0.4, 0.5) is 11.6 Å². The highest BCUT2D eigenvalue weighted by Crippen LogP contribution is 2.29. The fraction of sp³-hybridized carbons (Fsp3) is 0.762. The maximum atomic E-state index is 12.8. The summed E-state index contributed by atoms with van der Waals surface area (Å²) in [7, 11) is 4.04. The minimum Gasteiger partial charge on any atom is -0.360 e. The Balaban J connectivity index is 1.34. The van der Waals surface area contributed by atoms with Gasteiger partial charge in [0, 0.05) is 65.3 Å². The van der Waals surface area contributed by atoms with Crippen molar-refractivity contribution in [3.8, 4) is 0 Å². The summed E-state index contributed by atoms with van der Waals surface area (Å²) in [5.74, 6) is 2.56. The van der Waals surface area contributed by atoms with Gasteiger partial charge in [-0.05, 0) is 45.1 Å². The van der Waals surface area contributed by atoms with Crippen LogP contribution in [0.3, 0.4) is 0 Å². The van der Waals surface area contributed by atoms with E-state index in [-0.39, 0.29) is 5.92 Å². The van der Waals surface area contributed by atoms with Gasteiger partial charge in [0.25, 0.3) is 0 Å². The molecular formula is C21H34N6O. The molecule has 7 nitrogen and oxygen atoms in total. The Morgan fingerprint density at radius 2 is 1.68 bits per heavy atom. The molecule has 1 atom stereocenters. The summed E-state index contributed by atoms with van der Waals surface area (Å²) in [5.41, 5.74) is 0. The summed E-state index contributed by atoms with van der Waals surface area (Å²) < 4.78 is 0. The molecule has 3 aliphatic heterocycles. The molecule has 3 saturated heterocycles. The smallest absolute Gasteiger partial charge is 0.226 e. The molecule has 0 bridgehead atoms. The van der Waals surface area contributed by atoms with Crippen LogP contribution < -0.4 is 9.80 Å². The summed E-state index contributed by atoms with van der Waals surface area (Å²) in [4.78, 5) is 31.0. The number of anilines is 2. The molecule has 7 heteroatoms. The third kappa shape index (κ3) is 4.09. The van der Waals surface area contributed by atoms with E-state index in [1.54, 1.807) is 12.4 Å². The van der Waals surface area contributed by atoms with E-state index in [4.69, 9.17) is 0 Å². The van der Waals surface area contributed by atoms with Gasteiger partial charge >= 0.3 is 0 Å². The quantitative estimate of drug-likeness (QED) is 0.787. The monoisotopic (exact) mass is 386 g/mol. The van der Waals surface area contributed by atoms with Crippen LogP contribution in [-0.4, -0.2) is 85.1 Å². The van der Waals surface area contributed by atoms with Gasteiger partial charge in [-0.25, -0.2) is 9.97 Å². The van der Waals surface area contributed by atoms with Crippen molar-refractivity contribution in [2.45, 2.75) is 44.6 Å². The van der Waals surface area contributed by atoms with Crippen LogP contribution in [0.5, 0.6) is 0 Å². The zero-order valence-electron chi connectivity index (χ0n) is 17.4. The average Bonchev–Trinajstić information content (AvgIpc) is 3.28. The van der Waals surface area contributed by atoms with Crippen LogP contribution >= 0.6 is 0 Å². The molecule has 0 unspecified atom stereocenters. The zero-order chi connectivity index (χ0) is 19.5. The molecule has 3 fully saturated rings. The highest BCUT2D eigenvalue weighted by atomic mass is 16.2. The van der Waals surface area contributed by atoms with Crippen molar-refractivity contribution >= 4 is 17.5 Å². The van der Waals surface area contributed by atoms with E-state index >= 15 is 0 Å². The van der Waals surface area contributed by atoms with Gasteiger partial charge in [0.2, 0.25) is 5.91 Å². The maximum Gasteiger partial charge on any atom is 0.226 e. The van der Waals surface area contributed by atoms with Crippen LogP contribution in [-0.2, 0) is 4.79 Å². The summed E-state index contributed by atoms with van der Waals surface area (Å²) in [6.07, 6.45) is 10.4. The van der Waals surface area contributed by atoms with Crippen LogP contribution in [0, 0.1) is 5.92 Å². The molecule has 154 valence electrons. The summed E-state index contributed by atoms with van der Waals surface area (Å²) in [5, 5.41) is 0. The fourth-order valence-corrected chi connectivity index (χ4v) is 5.04. The Kier molecular flexibility index (Phi) is 5.99. The molecule has 4 heterocycles. The van der Waals surface area contributed by atoms with Crippen LogP contribution in [0.2, 0.25) is 0 Å². The lowest BCUT2D eigenvalue weighted by Crippen LogP contribution is -2.51. The first-order valence-corrected chi connectivity index (χ1v) is 10.9. The Morgan fingerprint density at radius 1 is 0.964 bits per heavy atom. The van der Waals surface area contributed by atoms with E-state index < -0.39 is 0 Å². The first-order chi connectivity index (χ1) is 13.6. The predicted molar refractivity (Wildman–Crippen MR) is 112 cm³/mol. The first-order valence-electron chi connectivity index (χ1n) is 10.9. The van der Waals surface area contributed by atoms with Crippen molar-refractivity contribution in [3.05, 3.63) is 12.4 Å². The molecular weight excluding hydrogens is 352 g/mol. The van der Waals surface area contributed by atoms with Gasteiger partial charge in [0.15, 0.2) is 11.6 Å². The second kappa shape index (κ2) is 8.64. The molecule has 0 radical (unpaired) electrons. The highest BCUT2D eigenvalue weighted by Gasteiger charge is 2.34. The van der Waals surface area contributed by atoms with E-state index in [9.17, 15) is 4.79 Å². The van der Waals surface area contributed by atoms with Crippen molar-refractivity contribution in [1.82, 2.24) is 19.8 Å². The fourth-order valence-electron chi connectivity index (χ4n) is 5.04. The van der Waals surface area contributed by atoms with Gasteiger partial charge in [-0.1, -0.05) is 0 Å². The van der Waals surface area contributed by atoms with E-state index in [0.717, 1.165) is 76.6 Å². The van der Waals surface area contributed by atoms with Gasteiger partial charge in [0.05, 0.1) is 5.92 Å². The van der Waals surface area contributed by atoms with Crippen molar-refractivity contribution < 1.29 is 4.79 Å². The van der Waals surface area contributed by atoms with Crippen molar-refractivity contribution in [1.29, 1.82) is 0 Å².